The number of sulfonamides is 1. The van der Waals surface area contributed by atoms with Crippen molar-refractivity contribution in [1.29, 1.82) is 0 Å². The first kappa shape index (κ1) is 14.7. The molecule has 0 unspecified atom stereocenters. The Hall–Kier alpha value is -1.66. The van der Waals surface area contributed by atoms with E-state index in [1.165, 1.54) is 21.4 Å². The Kier molecular flexibility index (Phi) is 4.57. The zero-order valence-electron chi connectivity index (χ0n) is 11.7. The van der Waals surface area contributed by atoms with Crippen LogP contribution in [0.15, 0.2) is 47.6 Å². The lowest BCUT2D eigenvalue weighted by molar-refractivity contribution is 0.405. The lowest BCUT2D eigenvalue weighted by Crippen LogP contribution is -2.31. The zero-order chi connectivity index (χ0) is 14.6. The summed E-state index contributed by atoms with van der Waals surface area (Å²) in [6.07, 6.45) is 3.69. The highest BCUT2D eigenvalue weighted by atomic mass is 32.2. The number of hydrogen-bond acceptors (Lipinski definition) is 3. The Labute approximate surface area is 119 Å². The van der Waals surface area contributed by atoms with Crippen LogP contribution in [0.1, 0.15) is 18.9 Å². The van der Waals surface area contributed by atoms with Crippen molar-refractivity contribution in [1.82, 2.24) is 14.1 Å². The minimum atomic E-state index is -3.49. The maximum Gasteiger partial charge on any atom is 0.246 e. The van der Waals surface area contributed by atoms with E-state index in [4.69, 9.17) is 0 Å². The Balaban J connectivity index is 2.28. The fraction of sp³-hybridized carbons (Fsp3) is 0.357. The van der Waals surface area contributed by atoms with Crippen LogP contribution in [0.25, 0.3) is 0 Å². The molecule has 0 aliphatic carbocycles. The Bertz CT molecular complexity index is 650. The molecule has 0 spiro atoms. The molecule has 0 bridgehead atoms. The van der Waals surface area contributed by atoms with E-state index >= 15 is 0 Å². The largest absolute Gasteiger partial charge is 0.274 e. The molecule has 0 radical (unpaired) electrons. The first-order valence-electron chi connectivity index (χ1n) is 6.56. The van der Waals surface area contributed by atoms with Crippen LogP contribution in [0.4, 0.5) is 0 Å². The number of aromatic nitrogens is 2. The molecule has 1 aromatic heterocycles. The van der Waals surface area contributed by atoms with Crippen LogP contribution in [0.5, 0.6) is 0 Å². The summed E-state index contributed by atoms with van der Waals surface area (Å²) in [6.45, 7) is 2.84. The van der Waals surface area contributed by atoms with Gasteiger partial charge < -0.3 is 0 Å². The van der Waals surface area contributed by atoms with Gasteiger partial charge in [0, 0.05) is 26.3 Å². The van der Waals surface area contributed by atoms with Gasteiger partial charge in [-0.25, -0.2) is 8.42 Å². The minimum absolute atomic E-state index is 0.240. The molecule has 0 fully saturated rings. The van der Waals surface area contributed by atoms with Gasteiger partial charge in [0.25, 0.3) is 0 Å². The highest BCUT2D eigenvalue weighted by Gasteiger charge is 2.25. The van der Waals surface area contributed by atoms with Crippen molar-refractivity contribution in [2.45, 2.75) is 24.8 Å². The van der Waals surface area contributed by atoms with Gasteiger partial charge in [-0.1, -0.05) is 37.3 Å². The second kappa shape index (κ2) is 6.19. The predicted molar refractivity (Wildman–Crippen MR) is 77.5 cm³/mol. The van der Waals surface area contributed by atoms with Crippen LogP contribution in [0.3, 0.4) is 0 Å². The van der Waals surface area contributed by atoms with Crippen molar-refractivity contribution in [3.63, 3.8) is 0 Å². The quantitative estimate of drug-likeness (QED) is 0.819. The van der Waals surface area contributed by atoms with Crippen molar-refractivity contribution in [2.75, 3.05) is 6.54 Å². The van der Waals surface area contributed by atoms with Crippen LogP contribution in [0, 0.1) is 0 Å². The van der Waals surface area contributed by atoms with Crippen molar-refractivity contribution >= 4 is 10.0 Å². The van der Waals surface area contributed by atoms with Crippen LogP contribution in [-0.2, 0) is 23.6 Å². The summed E-state index contributed by atoms with van der Waals surface area (Å²) in [4.78, 5) is 0.240. The average Bonchev–Trinajstić information content (AvgIpc) is 2.87. The van der Waals surface area contributed by atoms with Gasteiger partial charge in [0.15, 0.2) is 0 Å². The van der Waals surface area contributed by atoms with Gasteiger partial charge in [0.05, 0.1) is 6.20 Å². The third-order valence-electron chi connectivity index (χ3n) is 2.99. The van der Waals surface area contributed by atoms with Crippen molar-refractivity contribution in [2.24, 2.45) is 7.05 Å². The van der Waals surface area contributed by atoms with E-state index in [2.05, 4.69) is 5.10 Å². The van der Waals surface area contributed by atoms with E-state index in [0.29, 0.717) is 13.1 Å². The molecule has 5 nitrogen and oxygen atoms in total. The van der Waals surface area contributed by atoms with Gasteiger partial charge in [-0.3, -0.25) is 4.68 Å². The Morgan fingerprint density at radius 3 is 2.50 bits per heavy atom. The molecule has 0 N–H and O–H groups in total. The van der Waals surface area contributed by atoms with Crippen LogP contribution < -0.4 is 0 Å². The number of nitrogens with zero attached hydrogens (tertiary/aromatic N) is 3. The molecule has 1 aromatic carbocycles. The molecular formula is C14H19N3O2S. The molecule has 2 aromatic rings. The molecule has 0 aliphatic heterocycles. The second-order valence-electron chi connectivity index (χ2n) is 4.67. The summed E-state index contributed by atoms with van der Waals surface area (Å²) in [5.74, 6) is 0. The lowest BCUT2D eigenvalue weighted by Gasteiger charge is -2.20. The van der Waals surface area contributed by atoms with Crippen molar-refractivity contribution in [3.8, 4) is 0 Å². The highest BCUT2D eigenvalue weighted by Crippen LogP contribution is 2.18. The van der Waals surface area contributed by atoms with E-state index in [9.17, 15) is 8.42 Å². The molecule has 1 heterocycles. The summed E-state index contributed by atoms with van der Waals surface area (Å²) in [7, 11) is -1.78. The fourth-order valence-electron chi connectivity index (χ4n) is 2.00. The molecule has 20 heavy (non-hydrogen) atoms. The monoisotopic (exact) mass is 293 g/mol. The van der Waals surface area contributed by atoms with E-state index in [1.54, 1.807) is 7.05 Å². The topological polar surface area (TPSA) is 55.2 Å². The standard InChI is InChI=1S/C14H19N3O2S/c1-3-9-17(11-13-7-5-4-6-8-13)20(18,19)14-10-15-16(2)12-14/h4-8,10,12H,3,9,11H2,1-2H3. The van der Waals surface area contributed by atoms with Gasteiger partial charge in [0.1, 0.15) is 4.90 Å². The summed E-state index contributed by atoms with van der Waals surface area (Å²) in [5.41, 5.74) is 0.980. The summed E-state index contributed by atoms with van der Waals surface area (Å²) < 4.78 is 28.2. The van der Waals surface area contributed by atoms with Crippen LogP contribution in [-0.4, -0.2) is 29.0 Å². The molecule has 6 heteroatoms. The van der Waals surface area contributed by atoms with Gasteiger partial charge in [-0.2, -0.15) is 9.40 Å². The predicted octanol–water partition coefficient (Wildman–Crippen LogP) is 2.02. The summed E-state index contributed by atoms with van der Waals surface area (Å²) >= 11 is 0. The molecule has 2 rings (SSSR count). The normalized spacial score (nSPS) is 11.9. The molecule has 0 saturated carbocycles. The first-order chi connectivity index (χ1) is 9.54. The van der Waals surface area contributed by atoms with E-state index in [1.807, 2.05) is 37.3 Å². The number of benzene rings is 1. The lowest BCUT2D eigenvalue weighted by atomic mass is 10.2. The zero-order valence-corrected chi connectivity index (χ0v) is 12.5. The van der Waals surface area contributed by atoms with Crippen LogP contribution >= 0.6 is 0 Å². The summed E-state index contributed by atoms with van der Waals surface area (Å²) in [5, 5.41) is 3.94. The highest BCUT2D eigenvalue weighted by molar-refractivity contribution is 7.89. The third-order valence-corrected chi connectivity index (χ3v) is 4.79. The molecule has 0 aliphatic rings. The van der Waals surface area contributed by atoms with E-state index < -0.39 is 10.0 Å². The molecule has 0 saturated heterocycles. The summed E-state index contributed by atoms with van der Waals surface area (Å²) in [6, 6.07) is 9.61. The number of rotatable bonds is 6. The molecule has 0 atom stereocenters. The van der Waals surface area contributed by atoms with Gasteiger partial charge >= 0.3 is 0 Å². The van der Waals surface area contributed by atoms with Crippen molar-refractivity contribution in [3.05, 3.63) is 48.3 Å². The second-order valence-corrected chi connectivity index (χ2v) is 6.61. The van der Waals surface area contributed by atoms with Crippen LogP contribution in [0.2, 0.25) is 0 Å². The van der Waals surface area contributed by atoms with Gasteiger partial charge in [-0.05, 0) is 12.0 Å². The molecule has 0 amide bonds. The number of aryl methyl sites for hydroxylation is 1. The average molecular weight is 293 g/mol. The SMILES string of the molecule is CCCN(Cc1ccccc1)S(=O)(=O)c1cnn(C)c1. The molecule has 108 valence electrons. The molecular weight excluding hydrogens is 274 g/mol. The Morgan fingerprint density at radius 2 is 1.95 bits per heavy atom. The van der Waals surface area contributed by atoms with E-state index in [0.717, 1.165) is 12.0 Å². The van der Waals surface area contributed by atoms with Gasteiger partial charge in [0.2, 0.25) is 10.0 Å². The van der Waals surface area contributed by atoms with Gasteiger partial charge in [-0.15, -0.1) is 0 Å². The van der Waals surface area contributed by atoms with E-state index in [-0.39, 0.29) is 4.90 Å². The minimum Gasteiger partial charge on any atom is -0.274 e. The Morgan fingerprint density at radius 1 is 1.25 bits per heavy atom. The maximum absolute atomic E-state index is 12.6. The third kappa shape index (κ3) is 3.26. The smallest absolute Gasteiger partial charge is 0.246 e. The van der Waals surface area contributed by atoms with Crippen molar-refractivity contribution < 1.29 is 8.42 Å². The first-order valence-corrected chi connectivity index (χ1v) is 8.00. The fourth-order valence-corrected chi connectivity index (χ4v) is 3.51. The maximum atomic E-state index is 12.6. The number of hydrogen-bond donors (Lipinski definition) is 0.